The molecule has 4 aromatic carbocycles. The molecule has 0 aromatic heterocycles. The van der Waals surface area contributed by atoms with Gasteiger partial charge in [-0.2, -0.15) is 8.42 Å². The highest BCUT2D eigenvalue weighted by atomic mass is 32.2. The molecule has 4 heteroatoms. The zero-order valence-electron chi connectivity index (χ0n) is 20.1. The molecular weight excluding hydrogens is 416 g/mol. The van der Waals surface area contributed by atoms with Crippen LogP contribution in [0.1, 0.15) is 52.2 Å². The van der Waals surface area contributed by atoms with E-state index in [1.54, 1.807) is 30.3 Å². The van der Waals surface area contributed by atoms with Gasteiger partial charge in [0.2, 0.25) is 0 Å². The first kappa shape index (κ1) is 27.3. The Labute approximate surface area is 193 Å². The standard InChI is InChI=1S/C13H14.C10H8O3S.C3H8.C2H6/c1-3-11-7-5-8-12-10(2)6-4-9-13(11)12;11-14(12,13)10-7-3-5-8-4-1-2-6-9(8)10;1-3-2;1-2/h4-9H,3H2,1-2H3;1-7H,(H,11,12,13);3H2,1-2H3;1-2H3. The quantitative estimate of drug-likeness (QED) is 0.312. The molecule has 0 amide bonds. The van der Waals surface area contributed by atoms with Gasteiger partial charge in [-0.1, -0.05) is 114 Å². The summed E-state index contributed by atoms with van der Waals surface area (Å²) in [7, 11) is -4.13. The summed E-state index contributed by atoms with van der Waals surface area (Å²) in [5, 5.41) is 4.13. The number of rotatable bonds is 2. The van der Waals surface area contributed by atoms with Crippen LogP contribution in [0.2, 0.25) is 0 Å². The first-order valence-electron chi connectivity index (χ1n) is 11.3. The smallest absolute Gasteiger partial charge is 0.282 e. The Bertz CT molecular complexity index is 1210. The molecule has 0 radical (unpaired) electrons. The minimum Gasteiger partial charge on any atom is -0.282 e. The van der Waals surface area contributed by atoms with E-state index in [-0.39, 0.29) is 4.90 Å². The number of hydrogen-bond donors (Lipinski definition) is 1. The van der Waals surface area contributed by atoms with Gasteiger partial charge in [-0.3, -0.25) is 4.55 Å². The molecule has 172 valence electrons. The lowest BCUT2D eigenvalue weighted by atomic mass is 10.00. The van der Waals surface area contributed by atoms with Crippen molar-refractivity contribution >= 4 is 31.7 Å². The van der Waals surface area contributed by atoms with Crippen LogP contribution in [0.3, 0.4) is 0 Å². The Morgan fingerprint density at radius 3 is 1.81 bits per heavy atom. The van der Waals surface area contributed by atoms with Crippen LogP contribution < -0.4 is 0 Å². The third-order valence-electron chi connectivity index (χ3n) is 4.64. The van der Waals surface area contributed by atoms with Crippen LogP contribution >= 0.6 is 0 Å². The van der Waals surface area contributed by atoms with Crippen molar-refractivity contribution in [2.24, 2.45) is 0 Å². The third-order valence-corrected chi connectivity index (χ3v) is 5.55. The maximum atomic E-state index is 11.0. The summed E-state index contributed by atoms with van der Waals surface area (Å²) in [6.07, 6.45) is 2.36. The van der Waals surface area contributed by atoms with Crippen molar-refractivity contribution in [2.75, 3.05) is 0 Å². The second kappa shape index (κ2) is 13.7. The number of fused-ring (bicyclic) bond motifs is 2. The molecule has 0 heterocycles. The van der Waals surface area contributed by atoms with E-state index >= 15 is 0 Å². The lowest BCUT2D eigenvalue weighted by Crippen LogP contribution is -1.98. The topological polar surface area (TPSA) is 54.4 Å². The van der Waals surface area contributed by atoms with Crippen molar-refractivity contribution in [3.05, 3.63) is 90.0 Å². The SMILES string of the molecule is CC.CCC.CCc1cccc2c(C)cccc12.O=S(=O)(O)c1cccc2ccccc12. The monoisotopic (exact) mass is 452 g/mol. The van der Waals surface area contributed by atoms with E-state index in [4.69, 9.17) is 4.55 Å². The molecule has 3 nitrogen and oxygen atoms in total. The van der Waals surface area contributed by atoms with Crippen molar-refractivity contribution < 1.29 is 13.0 Å². The minimum atomic E-state index is -4.13. The zero-order valence-corrected chi connectivity index (χ0v) is 20.9. The van der Waals surface area contributed by atoms with E-state index in [1.807, 2.05) is 19.9 Å². The van der Waals surface area contributed by atoms with Gasteiger partial charge in [-0.05, 0) is 46.7 Å². The molecule has 0 saturated carbocycles. The van der Waals surface area contributed by atoms with Crippen molar-refractivity contribution in [3.8, 4) is 0 Å². The molecule has 0 unspecified atom stereocenters. The largest absolute Gasteiger partial charge is 0.295 e. The van der Waals surface area contributed by atoms with E-state index in [0.717, 1.165) is 11.8 Å². The highest BCUT2D eigenvalue weighted by Gasteiger charge is 2.12. The Morgan fingerprint density at radius 1 is 0.688 bits per heavy atom. The van der Waals surface area contributed by atoms with Crippen LogP contribution in [-0.2, 0) is 16.5 Å². The maximum Gasteiger partial charge on any atom is 0.295 e. The molecule has 4 aromatic rings. The van der Waals surface area contributed by atoms with Gasteiger partial charge in [0.05, 0.1) is 0 Å². The van der Waals surface area contributed by atoms with Gasteiger partial charge in [-0.25, -0.2) is 0 Å². The molecule has 0 spiro atoms. The molecule has 1 N–H and O–H groups in total. The van der Waals surface area contributed by atoms with Gasteiger partial charge in [-0.15, -0.1) is 0 Å². The van der Waals surface area contributed by atoms with Crippen molar-refractivity contribution in [2.45, 2.75) is 59.3 Å². The van der Waals surface area contributed by atoms with Crippen LogP contribution in [0.4, 0.5) is 0 Å². The van der Waals surface area contributed by atoms with Crippen LogP contribution in [0.5, 0.6) is 0 Å². The van der Waals surface area contributed by atoms with Crippen molar-refractivity contribution in [3.63, 3.8) is 0 Å². The summed E-state index contributed by atoms with van der Waals surface area (Å²) in [6, 6.07) is 24.9. The molecule has 0 aliphatic rings. The van der Waals surface area contributed by atoms with Crippen LogP contribution in [0.25, 0.3) is 21.5 Å². The predicted molar refractivity (Wildman–Crippen MR) is 139 cm³/mol. The van der Waals surface area contributed by atoms with Gasteiger partial charge in [0, 0.05) is 5.39 Å². The summed E-state index contributed by atoms with van der Waals surface area (Å²) in [5.74, 6) is 0. The van der Waals surface area contributed by atoms with Crippen LogP contribution in [0.15, 0.2) is 83.8 Å². The van der Waals surface area contributed by atoms with Crippen LogP contribution in [-0.4, -0.2) is 13.0 Å². The summed E-state index contributed by atoms with van der Waals surface area (Å²) >= 11 is 0. The maximum absolute atomic E-state index is 11.0. The fraction of sp³-hybridized carbons (Fsp3) is 0.286. The van der Waals surface area contributed by atoms with Gasteiger partial charge in [0.1, 0.15) is 4.90 Å². The van der Waals surface area contributed by atoms with Crippen molar-refractivity contribution in [1.82, 2.24) is 0 Å². The van der Waals surface area contributed by atoms with E-state index in [0.29, 0.717) is 5.39 Å². The summed E-state index contributed by atoms with van der Waals surface area (Å²) in [6.45, 7) is 12.6. The molecule has 0 fully saturated rings. The average molecular weight is 453 g/mol. The van der Waals surface area contributed by atoms with Crippen molar-refractivity contribution in [1.29, 1.82) is 0 Å². The number of hydrogen-bond acceptors (Lipinski definition) is 2. The normalized spacial score (nSPS) is 10.2. The predicted octanol–water partition coefficient (Wildman–Crippen LogP) is 8.24. The minimum absolute atomic E-state index is 0.0457. The molecule has 0 bridgehead atoms. The third kappa shape index (κ3) is 7.47. The second-order valence-corrected chi connectivity index (χ2v) is 8.49. The average Bonchev–Trinajstić information content (AvgIpc) is 2.80. The molecule has 0 aliphatic heterocycles. The summed E-state index contributed by atoms with van der Waals surface area (Å²) < 4.78 is 31.0. The first-order valence-corrected chi connectivity index (χ1v) is 12.7. The number of benzene rings is 4. The zero-order chi connectivity index (χ0) is 24.1. The lowest BCUT2D eigenvalue weighted by Gasteiger charge is -2.05. The van der Waals surface area contributed by atoms with Gasteiger partial charge >= 0.3 is 0 Å². The molecule has 0 atom stereocenters. The lowest BCUT2D eigenvalue weighted by molar-refractivity contribution is 0.484. The van der Waals surface area contributed by atoms with E-state index < -0.39 is 10.1 Å². The Balaban J connectivity index is 0.000000268. The Kier molecular flexibility index (Phi) is 11.7. The summed E-state index contributed by atoms with van der Waals surface area (Å²) in [4.78, 5) is -0.0457. The van der Waals surface area contributed by atoms with E-state index in [9.17, 15) is 8.42 Å². The molecular formula is C28H36O3S. The van der Waals surface area contributed by atoms with Gasteiger partial charge in [0.25, 0.3) is 10.1 Å². The molecule has 0 saturated heterocycles. The van der Waals surface area contributed by atoms with Gasteiger partial charge < -0.3 is 0 Å². The van der Waals surface area contributed by atoms with Gasteiger partial charge in [0.15, 0.2) is 0 Å². The van der Waals surface area contributed by atoms with Crippen LogP contribution in [0, 0.1) is 6.92 Å². The Morgan fingerprint density at radius 2 is 1.19 bits per heavy atom. The first-order chi connectivity index (χ1) is 15.3. The Hall–Kier alpha value is -2.69. The fourth-order valence-electron chi connectivity index (χ4n) is 3.26. The highest BCUT2D eigenvalue weighted by molar-refractivity contribution is 7.86. The molecule has 4 rings (SSSR count). The fourth-order valence-corrected chi connectivity index (χ4v) is 3.98. The molecule has 32 heavy (non-hydrogen) atoms. The second-order valence-electron chi connectivity index (χ2n) is 7.10. The van der Waals surface area contributed by atoms with E-state index in [2.05, 4.69) is 64.1 Å². The highest BCUT2D eigenvalue weighted by Crippen LogP contribution is 2.23. The van der Waals surface area contributed by atoms with E-state index in [1.165, 1.54) is 34.4 Å². The number of aryl methyl sites for hydroxylation is 2. The summed E-state index contributed by atoms with van der Waals surface area (Å²) in [5.41, 5.74) is 2.81. The molecule has 0 aliphatic carbocycles.